The van der Waals surface area contributed by atoms with Crippen molar-refractivity contribution in [1.29, 1.82) is 0 Å². The molecule has 0 rings (SSSR count). The smallest absolute Gasteiger partial charge is 0.303 e. The number of amides is 1. The Balaban J connectivity index is 3.20. The van der Waals surface area contributed by atoms with E-state index < -0.39 is 5.97 Å². The molecular formula is C14H27NO3. The van der Waals surface area contributed by atoms with Crippen molar-refractivity contribution in [1.82, 2.24) is 5.32 Å². The maximum Gasteiger partial charge on any atom is 0.303 e. The molecule has 0 aromatic heterocycles. The lowest BCUT2D eigenvalue weighted by Crippen LogP contribution is -2.23. The average Bonchev–Trinajstić information content (AvgIpc) is 2.33. The van der Waals surface area contributed by atoms with Crippen LogP contribution in [0.4, 0.5) is 0 Å². The van der Waals surface area contributed by atoms with Crippen LogP contribution in [0.1, 0.15) is 71.1 Å². The average molecular weight is 257 g/mol. The van der Waals surface area contributed by atoms with Gasteiger partial charge in [0, 0.05) is 19.4 Å². The highest BCUT2D eigenvalue weighted by Crippen LogP contribution is 2.04. The van der Waals surface area contributed by atoms with Crippen molar-refractivity contribution in [3.63, 3.8) is 0 Å². The SMILES string of the molecule is CCCCCCCNC(=O)CCCCCC(=O)O. The molecule has 4 nitrogen and oxygen atoms in total. The summed E-state index contributed by atoms with van der Waals surface area (Å²) in [5.41, 5.74) is 0. The molecule has 0 bridgehead atoms. The van der Waals surface area contributed by atoms with Crippen LogP contribution in [0.25, 0.3) is 0 Å². The predicted octanol–water partition coefficient (Wildman–Crippen LogP) is 3.11. The van der Waals surface area contributed by atoms with Gasteiger partial charge in [0.2, 0.25) is 5.91 Å². The number of carbonyl (C=O) groups is 2. The molecule has 4 heteroatoms. The molecule has 0 aliphatic carbocycles. The highest BCUT2D eigenvalue weighted by molar-refractivity contribution is 5.75. The summed E-state index contributed by atoms with van der Waals surface area (Å²) in [6.07, 6.45) is 9.01. The molecule has 0 fully saturated rings. The van der Waals surface area contributed by atoms with E-state index in [1.54, 1.807) is 0 Å². The maximum absolute atomic E-state index is 11.4. The number of aliphatic carboxylic acids is 1. The minimum atomic E-state index is -0.758. The van der Waals surface area contributed by atoms with Gasteiger partial charge in [-0.3, -0.25) is 9.59 Å². The molecule has 106 valence electrons. The Bertz CT molecular complexity index is 229. The van der Waals surface area contributed by atoms with Crippen LogP contribution < -0.4 is 5.32 Å². The molecule has 0 saturated heterocycles. The van der Waals surface area contributed by atoms with Gasteiger partial charge in [0.1, 0.15) is 0 Å². The molecule has 0 saturated carbocycles. The quantitative estimate of drug-likeness (QED) is 0.528. The second-order valence-corrected chi connectivity index (χ2v) is 4.72. The summed E-state index contributed by atoms with van der Waals surface area (Å²) in [5.74, 6) is -0.660. The third kappa shape index (κ3) is 13.0. The zero-order chi connectivity index (χ0) is 13.6. The van der Waals surface area contributed by atoms with E-state index in [0.717, 1.165) is 25.8 Å². The van der Waals surface area contributed by atoms with Gasteiger partial charge in [-0.2, -0.15) is 0 Å². The molecule has 0 unspecified atom stereocenters. The van der Waals surface area contributed by atoms with Gasteiger partial charge in [-0.1, -0.05) is 39.0 Å². The highest BCUT2D eigenvalue weighted by Gasteiger charge is 2.01. The Morgan fingerprint density at radius 1 is 0.889 bits per heavy atom. The minimum absolute atomic E-state index is 0.0980. The first-order valence-corrected chi connectivity index (χ1v) is 7.15. The first-order valence-electron chi connectivity index (χ1n) is 7.15. The van der Waals surface area contributed by atoms with Crippen LogP contribution in [0.5, 0.6) is 0 Å². The van der Waals surface area contributed by atoms with E-state index in [1.165, 1.54) is 25.7 Å². The van der Waals surface area contributed by atoms with Gasteiger partial charge >= 0.3 is 5.97 Å². The van der Waals surface area contributed by atoms with Gasteiger partial charge in [-0.25, -0.2) is 0 Å². The molecule has 0 aliphatic rings. The molecule has 0 atom stereocenters. The first-order chi connectivity index (χ1) is 8.66. The fraction of sp³-hybridized carbons (Fsp3) is 0.857. The number of hydrogen-bond acceptors (Lipinski definition) is 2. The molecule has 0 radical (unpaired) electrons. The van der Waals surface area contributed by atoms with Gasteiger partial charge in [0.25, 0.3) is 0 Å². The Morgan fingerprint density at radius 2 is 1.50 bits per heavy atom. The standard InChI is InChI=1S/C14H27NO3/c1-2-3-4-5-9-12-15-13(16)10-7-6-8-11-14(17)18/h2-12H2,1H3,(H,15,16)(H,17,18). The van der Waals surface area contributed by atoms with Crippen molar-refractivity contribution in [2.45, 2.75) is 71.1 Å². The van der Waals surface area contributed by atoms with Crippen molar-refractivity contribution in [3.8, 4) is 0 Å². The van der Waals surface area contributed by atoms with Crippen LogP contribution in [0.2, 0.25) is 0 Å². The van der Waals surface area contributed by atoms with E-state index in [0.29, 0.717) is 12.8 Å². The van der Waals surface area contributed by atoms with Crippen LogP contribution in [0.15, 0.2) is 0 Å². The van der Waals surface area contributed by atoms with Gasteiger partial charge < -0.3 is 10.4 Å². The number of carboxylic acids is 1. The van der Waals surface area contributed by atoms with E-state index in [-0.39, 0.29) is 12.3 Å². The van der Waals surface area contributed by atoms with E-state index in [2.05, 4.69) is 12.2 Å². The summed E-state index contributed by atoms with van der Waals surface area (Å²) in [4.78, 5) is 21.7. The third-order valence-corrected chi connectivity index (χ3v) is 2.90. The molecule has 2 N–H and O–H groups in total. The summed E-state index contributed by atoms with van der Waals surface area (Å²) in [7, 11) is 0. The zero-order valence-electron chi connectivity index (χ0n) is 11.5. The lowest BCUT2D eigenvalue weighted by molar-refractivity contribution is -0.137. The Hall–Kier alpha value is -1.06. The molecule has 0 aromatic rings. The third-order valence-electron chi connectivity index (χ3n) is 2.90. The van der Waals surface area contributed by atoms with Crippen LogP contribution in [0, 0.1) is 0 Å². The molecule has 1 amide bonds. The first kappa shape index (κ1) is 16.9. The largest absolute Gasteiger partial charge is 0.481 e. The fourth-order valence-corrected chi connectivity index (χ4v) is 1.78. The monoisotopic (exact) mass is 257 g/mol. The summed E-state index contributed by atoms with van der Waals surface area (Å²) >= 11 is 0. The van der Waals surface area contributed by atoms with E-state index in [4.69, 9.17) is 5.11 Å². The Kier molecular flexibility index (Phi) is 11.7. The number of rotatable bonds is 12. The second-order valence-electron chi connectivity index (χ2n) is 4.72. The number of unbranched alkanes of at least 4 members (excludes halogenated alkanes) is 6. The molecule has 0 aliphatic heterocycles. The number of carboxylic acid groups (broad SMARTS) is 1. The number of carbonyl (C=O) groups excluding carboxylic acids is 1. The van der Waals surface area contributed by atoms with Gasteiger partial charge in [-0.15, -0.1) is 0 Å². The highest BCUT2D eigenvalue weighted by atomic mass is 16.4. The second kappa shape index (κ2) is 12.4. The summed E-state index contributed by atoms with van der Waals surface area (Å²) in [6, 6.07) is 0. The van der Waals surface area contributed by atoms with Crippen molar-refractivity contribution in [2.75, 3.05) is 6.54 Å². The van der Waals surface area contributed by atoms with Gasteiger partial charge in [0.15, 0.2) is 0 Å². The number of nitrogens with one attached hydrogen (secondary N) is 1. The van der Waals surface area contributed by atoms with Crippen LogP contribution in [-0.4, -0.2) is 23.5 Å². The predicted molar refractivity (Wildman–Crippen MR) is 72.5 cm³/mol. The summed E-state index contributed by atoms with van der Waals surface area (Å²) < 4.78 is 0. The van der Waals surface area contributed by atoms with Crippen molar-refractivity contribution in [2.24, 2.45) is 0 Å². The fourth-order valence-electron chi connectivity index (χ4n) is 1.78. The van der Waals surface area contributed by atoms with Gasteiger partial charge in [0.05, 0.1) is 0 Å². The van der Waals surface area contributed by atoms with Gasteiger partial charge in [-0.05, 0) is 19.3 Å². The molecule has 18 heavy (non-hydrogen) atoms. The zero-order valence-corrected chi connectivity index (χ0v) is 11.5. The lowest BCUT2D eigenvalue weighted by atomic mass is 10.1. The van der Waals surface area contributed by atoms with Crippen molar-refractivity contribution < 1.29 is 14.7 Å². The van der Waals surface area contributed by atoms with E-state index >= 15 is 0 Å². The topological polar surface area (TPSA) is 66.4 Å². The molecule has 0 heterocycles. The van der Waals surface area contributed by atoms with E-state index in [1.807, 2.05) is 0 Å². The minimum Gasteiger partial charge on any atom is -0.481 e. The summed E-state index contributed by atoms with van der Waals surface area (Å²) in [6.45, 7) is 2.96. The van der Waals surface area contributed by atoms with Crippen molar-refractivity contribution in [3.05, 3.63) is 0 Å². The van der Waals surface area contributed by atoms with E-state index in [9.17, 15) is 9.59 Å². The normalized spacial score (nSPS) is 10.3. The molecular weight excluding hydrogens is 230 g/mol. The Morgan fingerprint density at radius 3 is 2.17 bits per heavy atom. The number of hydrogen-bond donors (Lipinski definition) is 2. The Labute approximate surface area is 110 Å². The van der Waals surface area contributed by atoms with Crippen LogP contribution in [0.3, 0.4) is 0 Å². The van der Waals surface area contributed by atoms with Crippen LogP contribution in [-0.2, 0) is 9.59 Å². The van der Waals surface area contributed by atoms with Crippen molar-refractivity contribution >= 4 is 11.9 Å². The summed E-state index contributed by atoms with van der Waals surface area (Å²) in [5, 5.41) is 11.4. The van der Waals surface area contributed by atoms with Crippen LogP contribution >= 0.6 is 0 Å². The molecule has 0 spiro atoms. The lowest BCUT2D eigenvalue weighted by Gasteiger charge is -2.04. The maximum atomic E-state index is 11.4. The molecule has 0 aromatic carbocycles.